The second-order valence-corrected chi connectivity index (χ2v) is 9.64. The minimum atomic E-state index is -4.77. The molecule has 3 heterocycles. The van der Waals surface area contributed by atoms with Gasteiger partial charge in [-0.1, -0.05) is 66.2 Å². The first kappa shape index (κ1) is 23.5. The summed E-state index contributed by atoms with van der Waals surface area (Å²) in [5, 5.41) is -0.537. The van der Waals surface area contributed by atoms with Crippen LogP contribution in [-0.2, 0) is 15.8 Å². The van der Waals surface area contributed by atoms with Crippen molar-refractivity contribution in [2.24, 2.45) is 11.8 Å². The summed E-state index contributed by atoms with van der Waals surface area (Å²) >= 11 is 5.77. The molecule has 5 nitrogen and oxygen atoms in total. The number of amides is 2. The molecule has 3 aromatic carbocycles. The summed E-state index contributed by atoms with van der Waals surface area (Å²) in [6.07, 6.45) is -1.21. The fourth-order valence-electron chi connectivity index (χ4n) is 5.75. The Labute approximate surface area is 214 Å². The molecule has 3 aliphatic rings. The lowest BCUT2D eigenvalue weighted by atomic mass is 9.83. The average molecular weight is 523 g/mol. The number of hydrogen-bond donors (Lipinski definition) is 0. The van der Waals surface area contributed by atoms with Crippen LogP contribution in [0.2, 0.25) is 5.02 Å². The Morgan fingerprint density at radius 2 is 1.54 bits per heavy atom. The number of anilines is 1. The number of rotatable bonds is 3. The molecule has 6 rings (SSSR count). The summed E-state index contributed by atoms with van der Waals surface area (Å²) in [5.74, 6) is -3.72. The van der Waals surface area contributed by atoms with E-state index >= 15 is 0 Å². The lowest BCUT2D eigenvalue weighted by molar-refractivity contribution is -0.137. The van der Waals surface area contributed by atoms with Crippen LogP contribution >= 0.6 is 11.6 Å². The maximum Gasteiger partial charge on any atom is 0.417 e. The number of carbonyl (C=O) groups is 3. The van der Waals surface area contributed by atoms with Crippen molar-refractivity contribution in [1.82, 2.24) is 4.90 Å². The molecule has 0 unspecified atom stereocenters. The predicted octanol–water partition coefficient (Wildman–Crippen LogP) is 5.76. The number of nitrogens with zero attached hydrogens (tertiary/aromatic N) is 2. The van der Waals surface area contributed by atoms with E-state index in [0.717, 1.165) is 22.1 Å². The third-order valence-corrected chi connectivity index (χ3v) is 7.63. The minimum Gasteiger partial charge on any atom is -0.358 e. The first-order chi connectivity index (χ1) is 17.7. The summed E-state index contributed by atoms with van der Waals surface area (Å²) < 4.78 is 40.7. The van der Waals surface area contributed by atoms with Gasteiger partial charge in [0, 0.05) is 11.8 Å². The van der Waals surface area contributed by atoms with Gasteiger partial charge in [0.15, 0.2) is 5.78 Å². The smallest absolute Gasteiger partial charge is 0.358 e. The Morgan fingerprint density at radius 3 is 2.27 bits per heavy atom. The molecule has 3 aromatic rings. The van der Waals surface area contributed by atoms with Gasteiger partial charge in [0.25, 0.3) is 0 Å². The van der Waals surface area contributed by atoms with E-state index in [2.05, 4.69) is 0 Å². The van der Waals surface area contributed by atoms with Crippen LogP contribution in [0.4, 0.5) is 18.9 Å². The van der Waals surface area contributed by atoms with Crippen LogP contribution in [0.5, 0.6) is 0 Å². The summed E-state index contributed by atoms with van der Waals surface area (Å²) in [7, 11) is 0. The van der Waals surface area contributed by atoms with E-state index in [-0.39, 0.29) is 11.5 Å². The lowest BCUT2D eigenvalue weighted by Crippen LogP contribution is -2.44. The van der Waals surface area contributed by atoms with Crippen molar-refractivity contribution >= 4 is 41.0 Å². The van der Waals surface area contributed by atoms with E-state index in [9.17, 15) is 27.6 Å². The van der Waals surface area contributed by atoms with Crippen molar-refractivity contribution in [2.45, 2.75) is 18.3 Å². The van der Waals surface area contributed by atoms with E-state index in [4.69, 9.17) is 11.6 Å². The summed E-state index contributed by atoms with van der Waals surface area (Å²) in [5.41, 5.74) is 0.633. The summed E-state index contributed by atoms with van der Waals surface area (Å²) in [6.45, 7) is 0. The van der Waals surface area contributed by atoms with Crippen LogP contribution in [-0.4, -0.2) is 28.5 Å². The molecule has 4 atom stereocenters. The molecule has 0 N–H and O–H groups in total. The molecule has 186 valence electrons. The fraction of sp³-hybridized carbons (Fsp3) is 0.179. The van der Waals surface area contributed by atoms with Crippen molar-refractivity contribution in [3.8, 4) is 0 Å². The van der Waals surface area contributed by atoms with Crippen LogP contribution in [0.1, 0.15) is 33.1 Å². The molecule has 0 aromatic heterocycles. The molecular formula is C28H18ClF3N2O3. The number of carbonyl (C=O) groups excluding carboxylic acids is 3. The summed E-state index contributed by atoms with van der Waals surface area (Å²) in [4.78, 5) is 44.0. The van der Waals surface area contributed by atoms with Crippen molar-refractivity contribution in [3.63, 3.8) is 0 Å². The monoisotopic (exact) mass is 522 g/mol. The molecule has 0 spiro atoms. The van der Waals surface area contributed by atoms with E-state index in [1.807, 2.05) is 30.3 Å². The normalized spacial score (nSPS) is 24.2. The van der Waals surface area contributed by atoms with Gasteiger partial charge in [0.2, 0.25) is 11.8 Å². The zero-order chi connectivity index (χ0) is 26.1. The molecule has 0 radical (unpaired) electrons. The largest absolute Gasteiger partial charge is 0.417 e. The maximum absolute atomic E-state index is 13.8. The number of hydrogen-bond acceptors (Lipinski definition) is 4. The van der Waals surface area contributed by atoms with Gasteiger partial charge in [-0.25, -0.2) is 4.90 Å². The number of Topliss-reactive ketones (excluding diaryl/α,β-unsaturated/α-hetero) is 1. The number of fused-ring (bicyclic) bond motifs is 5. The van der Waals surface area contributed by atoms with Crippen LogP contribution in [0.25, 0.3) is 6.08 Å². The highest BCUT2D eigenvalue weighted by molar-refractivity contribution is 6.32. The first-order valence-electron chi connectivity index (χ1n) is 11.6. The average Bonchev–Trinajstić information content (AvgIpc) is 3.36. The quantitative estimate of drug-likeness (QED) is 0.324. The van der Waals surface area contributed by atoms with Gasteiger partial charge in [0.05, 0.1) is 34.2 Å². The molecule has 3 aliphatic heterocycles. The van der Waals surface area contributed by atoms with E-state index in [0.29, 0.717) is 11.6 Å². The van der Waals surface area contributed by atoms with Gasteiger partial charge in [0.1, 0.15) is 6.04 Å². The number of alkyl halides is 3. The highest BCUT2D eigenvalue weighted by Crippen LogP contribution is 2.54. The minimum absolute atomic E-state index is 0.224. The van der Waals surface area contributed by atoms with E-state index in [1.165, 1.54) is 6.07 Å². The van der Waals surface area contributed by atoms with Gasteiger partial charge >= 0.3 is 6.18 Å². The summed E-state index contributed by atoms with van der Waals surface area (Å²) in [6, 6.07) is 17.1. The van der Waals surface area contributed by atoms with E-state index < -0.39 is 52.5 Å². The van der Waals surface area contributed by atoms with Crippen LogP contribution < -0.4 is 4.90 Å². The predicted molar refractivity (Wildman–Crippen MR) is 131 cm³/mol. The second kappa shape index (κ2) is 8.31. The topological polar surface area (TPSA) is 57.7 Å². The number of ketones is 1. The van der Waals surface area contributed by atoms with Gasteiger partial charge in [-0.3, -0.25) is 14.4 Å². The van der Waals surface area contributed by atoms with Crippen molar-refractivity contribution in [2.75, 3.05) is 4.90 Å². The molecule has 37 heavy (non-hydrogen) atoms. The zero-order valence-electron chi connectivity index (χ0n) is 19.0. The Hall–Kier alpha value is -3.91. The van der Waals surface area contributed by atoms with Crippen LogP contribution in [0.15, 0.2) is 79.0 Å². The molecular weight excluding hydrogens is 505 g/mol. The van der Waals surface area contributed by atoms with E-state index in [1.54, 1.807) is 41.4 Å². The molecule has 2 fully saturated rings. The number of benzene rings is 3. The number of imide groups is 1. The maximum atomic E-state index is 13.8. The zero-order valence-corrected chi connectivity index (χ0v) is 19.8. The molecule has 2 amide bonds. The highest BCUT2D eigenvalue weighted by Gasteiger charge is 2.64. The Balaban J connectivity index is 1.49. The van der Waals surface area contributed by atoms with Gasteiger partial charge in [-0.05, 0) is 35.4 Å². The molecule has 0 aliphatic carbocycles. The Kier molecular flexibility index (Phi) is 5.28. The lowest BCUT2D eigenvalue weighted by Gasteiger charge is -2.35. The van der Waals surface area contributed by atoms with Crippen molar-refractivity contribution in [3.05, 3.63) is 106 Å². The van der Waals surface area contributed by atoms with Crippen LogP contribution in [0, 0.1) is 11.8 Å². The van der Waals surface area contributed by atoms with Crippen molar-refractivity contribution in [1.29, 1.82) is 0 Å². The van der Waals surface area contributed by atoms with Crippen molar-refractivity contribution < 1.29 is 27.6 Å². The molecule has 9 heteroatoms. The van der Waals surface area contributed by atoms with Gasteiger partial charge in [-0.2, -0.15) is 13.2 Å². The first-order valence-corrected chi connectivity index (χ1v) is 11.9. The highest BCUT2D eigenvalue weighted by atomic mass is 35.5. The SMILES string of the molecule is O=C(c1ccccc1)[C@@H]1[C@@H]2C(=O)N(c3ccc(Cl)c(C(F)(F)F)c3)C(=O)[C@@H]2[C@H]2c3ccccc3C=CN12. The fourth-order valence-corrected chi connectivity index (χ4v) is 5.98. The Morgan fingerprint density at radius 1 is 0.865 bits per heavy atom. The van der Waals surface area contributed by atoms with Crippen LogP contribution in [0.3, 0.4) is 0 Å². The Bertz CT molecular complexity index is 1490. The van der Waals surface area contributed by atoms with Gasteiger partial charge in [-0.15, -0.1) is 0 Å². The standard InChI is InChI=1S/C28H18ClF3N2O3/c29-20-11-10-17(14-19(20)28(30,31)32)34-26(36)21-22(27(34)37)24(25(35)16-7-2-1-3-8-16)33-13-12-15-6-4-5-9-18(15)23(21)33/h1-14,21-24H/t21-,22+,23+,24-/m0/s1. The third kappa shape index (κ3) is 3.50. The molecule has 0 saturated carbocycles. The third-order valence-electron chi connectivity index (χ3n) is 7.30. The number of halogens is 4. The molecule has 2 saturated heterocycles. The molecule has 0 bridgehead atoms. The second-order valence-electron chi connectivity index (χ2n) is 9.24. The van der Waals surface area contributed by atoms with Gasteiger partial charge < -0.3 is 4.90 Å².